The van der Waals surface area contributed by atoms with E-state index >= 15 is 0 Å². The largest absolute Gasteiger partial charge is 0.461 e. The summed E-state index contributed by atoms with van der Waals surface area (Å²) in [4.78, 5) is 41.9. The Balaban J connectivity index is 3.23. The molecule has 1 rings (SSSR count). The molecule has 138 valence electrons. The van der Waals surface area contributed by atoms with Crippen LogP contribution >= 0.6 is 0 Å². The summed E-state index contributed by atoms with van der Waals surface area (Å²) in [5, 5.41) is 0. The van der Waals surface area contributed by atoms with Crippen LogP contribution in [0.2, 0.25) is 0 Å². The van der Waals surface area contributed by atoms with Crippen molar-refractivity contribution in [3.05, 3.63) is 35.2 Å². The highest BCUT2D eigenvalue weighted by Crippen LogP contribution is 2.22. The van der Waals surface area contributed by atoms with Gasteiger partial charge in [-0.2, -0.15) is 0 Å². The standard InChI is InChI=1S/C19H28N2O4/c1-8-10-21(18(23)11(3)4)14(7)17(22)15-12(5)16(20-13(15)6)19(24)25-9-2/h8,11,14,20H,1,9-10H2,2-7H3/t14-/m1/s1. The lowest BCUT2D eigenvalue weighted by Crippen LogP contribution is -2.45. The number of nitrogens with one attached hydrogen (secondary N) is 1. The first-order valence-electron chi connectivity index (χ1n) is 8.49. The van der Waals surface area contributed by atoms with Crippen LogP contribution in [0.15, 0.2) is 12.7 Å². The van der Waals surface area contributed by atoms with E-state index in [1.165, 1.54) is 4.90 Å². The zero-order valence-electron chi connectivity index (χ0n) is 15.9. The van der Waals surface area contributed by atoms with Gasteiger partial charge < -0.3 is 14.6 Å². The van der Waals surface area contributed by atoms with Crippen molar-refractivity contribution in [3.8, 4) is 0 Å². The monoisotopic (exact) mass is 348 g/mol. The van der Waals surface area contributed by atoms with Crippen molar-refractivity contribution in [1.82, 2.24) is 9.88 Å². The second-order valence-corrected chi connectivity index (χ2v) is 6.32. The molecule has 0 saturated heterocycles. The number of hydrogen-bond acceptors (Lipinski definition) is 4. The van der Waals surface area contributed by atoms with Crippen molar-refractivity contribution in [2.75, 3.05) is 13.2 Å². The van der Waals surface area contributed by atoms with Crippen LogP contribution in [0.1, 0.15) is 59.8 Å². The van der Waals surface area contributed by atoms with Crippen molar-refractivity contribution in [3.63, 3.8) is 0 Å². The van der Waals surface area contributed by atoms with E-state index in [9.17, 15) is 14.4 Å². The lowest BCUT2D eigenvalue weighted by molar-refractivity contribution is -0.135. The molecule has 6 nitrogen and oxygen atoms in total. The Bertz CT molecular complexity index is 673. The molecule has 0 aliphatic rings. The first-order valence-corrected chi connectivity index (χ1v) is 8.49. The Hall–Kier alpha value is -2.37. The van der Waals surface area contributed by atoms with Crippen LogP contribution < -0.4 is 0 Å². The SMILES string of the molecule is C=CCN(C(=O)C(C)C)[C@H](C)C(=O)c1c(C)[nH]c(C(=O)OCC)c1C. The Kier molecular flexibility index (Phi) is 7.15. The molecule has 0 fully saturated rings. The topological polar surface area (TPSA) is 79.5 Å². The first-order chi connectivity index (χ1) is 11.7. The third-order valence-corrected chi connectivity index (χ3v) is 4.11. The zero-order valence-corrected chi connectivity index (χ0v) is 15.9. The highest BCUT2D eigenvalue weighted by Gasteiger charge is 2.31. The second-order valence-electron chi connectivity index (χ2n) is 6.32. The average Bonchev–Trinajstić information content (AvgIpc) is 2.85. The van der Waals surface area contributed by atoms with Crippen LogP contribution in [0.25, 0.3) is 0 Å². The van der Waals surface area contributed by atoms with E-state index in [0.717, 1.165) is 0 Å². The van der Waals surface area contributed by atoms with E-state index in [0.29, 0.717) is 16.8 Å². The van der Waals surface area contributed by atoms with Crippen LogP contribution in [0.3, 0.4) is 0 Å². The summed E-state index contributed by atoms with van der Waals surface area (Å²) in [7, 11) is 0. The van der Waals surface area contributed by atoms with Gasteiger partial charge >= 0.3 is 5.97 Å². The van der Waals surface area contributed by atoms with E-state index in [1.807, 2.05) is 0 Å². The molecule has 0 saturated carbocycles. The minimum absolute atomic E-state index is 0.114. The Morgan fingerprint density at radius 3 is 2.32 bits per heavy atom. The van der Waals surface area contributed by atoms with E-state index in [1.54, 1.807) is 47.6 Å². The molecule has 6 heteroatoms. The molecular weight excluding hydrogens is 320 g/mol. The van der Waals surface area contributed by atoms with E-state index in [-0.39, 0.29) is 36.5 Å². The minimum Gasteiger partial charge on any atom is -0.461 e. The maximum absolute atomic E-state index is 13.0. The molecule has 1 atom stereocenters. The molecule has 1 aromatic rings. The number of carbonyl (C=O) groups excluding carboxylic acids is 3. The highest BCUT2D eigenvalue weighted by atomic mass is 16.5. The molecule has 0 aliphatic heterocycles. The van der Waals surface area contributed by atoms with E-state index in [4.69, 9.17) is 4.74 Å². The number of ether oxygens (including phenoxy) is 1. The van der Waals surface area contributed by atoms with E-state index in [2.05, 4.69) is 11.6 Å². The number of carbonyl (C=O) groups is 3. The Morgan fingerprint density at radius 2 is 1.84 bits per heavy atom. The number of Topliss-reactive ketones (excluding diaryl/α,β-unsaturated/α-hetero) is 1. The maximum Gasteiger partial charge on any atom is 0.355 e. The summed E-state index contributed by atoms with van der Waals surface area (Å²) in [5.41, 5.74) is 1.85. The van der Waals surface area contributed by atoms with Gasteiger partial charge in [0.15, 0.2) is 5.78 Å². The van der Waals surface area contributed by atoms with Gasteiger partial charge in [-0.3, -0.25) is 9.59 Å². The zero-order chi connectivity index (χ0) is 19.3. The number of esters is 1. The van der Waals surface area contributed by atoms with Gasteiger partial charge in [0.05, 0.1) is 12.6 Å². The van der Waals surface area contributed by atoms with Crippen molar-refractivity contribution < 1.29 is 19.1 Å². The Labute approximate surface area is 149 Å². The number of nitrogens with zero attached hydrogens (tertiary/aromatic N) is 1. The molecule has 0 unspecified atom stereocenters. The number of ketones is 1. The molecule has 1 N–H and O–H groups in total. The van der Waals surface area contributed by atoms with Crippen molar-refractivity contribution in [2.45, 2.75) is 47.6 Å². The molecule has 1 amide bonds. The van der Waals surface area contributed by atoms with Crippen molar-refractivity contribution in [2.24, 2.45) is 5.92 Å². The van der Waals surface area contributed by atoms with Gasteiger partial charge in [-0.05, 0) is 33.3 Å². The third kappa shape index (κ3) is 4.38. The summed E-state index contributed by atoms with van der Waals surface area (Å²) in [5.74, 6) is -1.04. The van der Waals surface area contributed by atoms with Gasteiger partial charge in [0, 0.05) is 23.7 Å². The van der Waals surface area contributed by atoms with E-state index < -0.39 is 12.0 Å². The maximum atomic E-state index is 13.0. The molecular formula is C19H28N2O4. The lowest BCUT2D eigenvalue weighted by atomic mass is 9.99. The summed E-state index contributed by atoms with van der Waals surface area (Å²) < 4.78 is 5.01. The summed E-state index contributed by atoms with van der Waals surface area (Å²) >= 11 is 0. The number of amides is 1. The molecule has 25 heavy (non-hydrogen) atoms. The number of H-pyrrole nitrogens is 1. The summed E-state index contributed by atoms with van der Waals surface area (Å²) in [6, 6.07) is -0.656. The van der Waals surface area contributed by atoms with Crippen LogP contribution in [0.5, 0.6) is 0 Å². The smallest absolute Gasteiger partial charge is 0.355 e. The fourth-order valence-electron chi connectivity index (χ4n) is 2.79. The first kappa shape index (κ1) is 20.7. The number of aromatic nitrogens is 1. The quantitative estimate of drug-likeness (QED) is 0.445. The molecule has 0 radical (unpaired) electrons. The van der Waals surface area contributed by atoms with Gasteiger partial charge in [-0.1, -0.05) is 19.9 Å². The number of aromatic amines is 1. The van der Waals surface area contributed by atoms with Gasteiger partial charge in [-0.25, -0.2) is 4.79 Å². The van der Waals surface area contributed by atoms with Gasteiger partial charge in [0.2, 0.25) is 5.91 Å². The molecule has 1 heterocycles. The fourth-order valence-corrected chi connectivity index (χ4v) is 2.79. The van der Waals surface area contributed by atoms with Crippen LogP contribution in [-0.2, 0) is 9.53 Å². The Morgan fingerprint density at radius 1 is 1.24 bits per heavy atom. The number of hydrogen-bond donors (Lipinski definition) is 1. The number of rotatable bonds is 8. The minimum atomic E-state index is -0.656. The molecule has 0 spiro atoms. The number of aryl methyl sites for hydroxylation is 1. The summed E-state index contributed by atoms with van der Waals surface area (Å²) in [6.07, 6.45) is 1.60. The van der Waals surface area contributed by atoms with Gasteiger partial charge in [-0.15, -0.1) is 6.58 Å². The fraction of sp³-hybridized carbons (Fsp3) is 0.526. The lowest BCUT2D eigenvalue weighted by Gasteiger charge is -2.29. The predicted octanol–water partition coefficient (Wildman–Crippen LogP) is 3.05. The molecule has 0 aliphatic carbocycles. The third-order valence-electron chi connectivity index (χ3n) is 4.11. The van der Waals surface area contributed by atoms with Crippen molar-refractivity contribution >= 4 is 17.7 Å². The molecule has 1 aromatic heterocycles. The predicted molar refractivity (Wildman–Crippen MR) is 96.8 cm³/mol. The second kappa shape index (κ2) is 8.65. The highest BCUT2D eigenvalue weighted by molar-refractivity contribution is 6.06. The van der Waals surface area contributed by atoms with Gasteiger partial charge in [0.1, 0.15) is 5.69 Å². The molecule has 0 aromatic carbocycles. The van der Waals surface area contributed by atoms with Crippen LogP contribution in [0.4, 0.5) is 0 Å². The van der Waals surface area contributed by atoms with Crippen LogP contribution in [-0.4, -0.2) is 46.7 Å². The van der Waals surface area contributed by atoms with Crippen LogP contribution in [0, 0.1) is 19.8 Å². The molecule has 0 bridgehead atoms. The summed E-state index contributed by atoms with van der Waals surface area (Å²) in [6.45, 7) is 14.7. The van der Waals surface area contributed by atoms with Crippen molar-refractivity contribution in [1.29, 1.82) is 0 Å². The average molecular weight is 348 g/mol. The van der Waals surface area contributed by atoms with Gasteiger partial charge in [0.25, 0.3) is 0 Å². The normalized spacial score (nSPS) is 12.0.